The molecule has 1 atom stereocenters. The summed E-state index contributed by atoms with van der Waals surface area (Å²) in [6.45, 7) is 7.76. The van der Waals surface area contributed by atoms with E-state index in [9.17, 15) is 5.11 Å². The SMILES string of the molecule is CC(C)(C)c1csc(CC2(CO)CCCN2)n1. The van der Waals surface area contributed by atoms with Gasteiger partial charge in [-0.25, -0.2) is 4.98 Å². The maximum absolute atomic E-state index is 9.56. The first-order valence-corrected chi connectivity index (χ1v) is 7.14. The highest BCUT2D eigenvalue weighted by molar-refractivity contribution is 7.09. The Hall–Kier alpha value is -0.450. The van der Waals surface area contributed by atoms with Crippen molar-refractivity contribution in [3.05, 3.63) is 16.1 Å². The molecule has 0 amide bonds. The van der Waals surface area contributed by atoms with E-state index in [0.717, 1.165) is 36.5 Å². The second kappa shape index (κ2) is 4.67. The van der Waals surface area contributed by atoms with Crippen LogP contribution in [0.4, 0.5) is 0 Å². The minimum absolute atomic E-state index is 0.115. The predicted octanol–water partition coefficient (Wildman–Crippen LogP) is 2.10. The maximum atomic E-state index is 9.56. The molecule has 2 heterocycles. The Kier molecular flexibility index (Phi) is 3.57. The van der Waals surface area contributed by atoms with E-state index < -0.39 is 0 Å². The number of nitrogens with one attached hydrogen (secondary N) is 1. The monoisotopic (exact) mass is 254 g/mol. The van der Waals surface area contributed by atoms with Gasteiger partial charge in [-0.1, -0.05) is 20.8 Å². The van der Waals surface area contributed by atoms with Gasteiger partial charge in [0.1, 0.15) is 0 Å². The van der Waals surface area contributed by atoms with Gasteiger partial charge in [0.05, 0.1) is 17.3 Å². The summed E-state index contributed by atoms with van der Waals surface area (Å²) in [7, 11) is 0. The zero-order valence-electron chi connectivity index (χ0n) is 10.9. The summed E-state index contributed by atoms with van der Waals surface area (Å²) in [5.74, 6) is 0. The smallest absolute Gasteiger partial charge is 0.0947 e. The molecule has 17 heavy (non-hydrogen) atoms. The quantitative estimate of drug-likeness (QED) is 0.868. The molecule has 1 aromatic heterocycles. The van der Waals surface area contributed by atoms with Gasteiger partial charge in [-0.05, 0) is 19.4 Å². The molecule has 4 heteroatoms. The van der Waals surface area contributed by atoms with Crippen LogP contribution in [0.1, 0.15) is 44.3 Å². The van der Waals surface area contributed by atoms with E-state index in [4.69, 9.17) is 4.98 Å². The molecule has 1 aromatic rings. The average Bonchev–Trinajstić information content (AvgIpc) is 2.87. The number of thiazole rings is 1. The van der Waals surface area contributed by atoms with Crippen molar-refractivity contribution in [3.63, 3.8) is 0 Å². The Morgan fingerprint density at radius 3 is 2.76 bits per heavy atom. The summed E-state index contributed by atoms with van der Waals surface area (Å²) in [6.07, 6.45) is 3.05. The fraction of sp³-hybridized carbons (Fsp3) is 0.769. The summed E-state index contributed by atoms with van der Waals surface area (Å²) in [6, 6.07) is 0. The second-order valence-electron chi connectivity index (χ2n) is 6.02. The summed E-state index contributed by atoms with van der Waals surface area (Å²) >= 11 is 1.71. The van der Waals surface area contributed by atoms with Crippen LogP contribution < -0.4 is 5.32 Å². The highest BCUT2D eigenvalue weighted by Gasteiger charge is 2.34. The Morgan fingerprint density at radius 1 is 1.53 bits per heavy atom. The zero-order valence-corrected chi connectivity index (χ0v) is 11.7. The standard InChI is InChI=1S/C13H22N2OS/c1-12(2,3)10-8-17-11(15-10)7-13(9-16)5-4-6-14-13/h8,14,16H,4-7,9H2,1-3H3. The fourth-order valence-electron chi connectivity index (χ4n) is 2.24. The summed E-state index contributed by atoms with van der Waals surface area (Å²) in [5, 5.41) is 16.3. The number of hydrogen-bond acceptors (Lipinski definition) is 4. The molecule has 2 N–H and O–H groups in total. The normalized spacial score (nSPS) is 25.4. The van der Waals surface area contributed by atoms with Crippen molar-refractivity contribution in [2.75, 3.05) is 13.2 Å². The highest BCUT2D eigenvalue weighted by Crippen LogP contribution is 2.28. The van der Waals surface area contributed by atoms with Crippen LogP contribution in [-0.4, -0.2) is 28.8 Å². The Labute approximate surface area is 107 Å². The molecular formula is C13H22N2OS. The lowest BCUT2D eigenvalue weighted by molar-refractivity contribution is 0.177. The van der Waals surface area contributed by atoms with Crippen LogP contribution in [0.3, 0.4) is 0 Å². The van der Waals surface area contributed by atoms with Crippen LogP contribution in [0.2, 0.25) is 0 Å². The molecule has 1 saturated heterocycles. The van der Waals surface area contributed by atoms with E-state index in [1.165, 1.54) is 0 Å². The van der Waals surface area contributed by atoms with Gasteiger partial charge in [-0.3, -0.25) is 0 Å². The molecule has 0 bridgehead atoms. The lowest BCUT2D eigenvalue weighted by atomic mass is 9.92. The lowest BCUT2D eigenvalue weighted by Crippen LogP contribution is -2.45. The summed E-state index contributed by atoms with van der Waals surface area (Å²) < 4.78 is 0. The number of nitrogens with zero attached hydrogens (tertiary/aromatic N) is 1. The van der Waals surface area contributed by atoms with E-state index >= 15 is 0 Å². The van der Waals surface area contributed by atoms with E-state index in [0.29, 0.717) is 0 Å². The Bertz CT molecular complexity index is 375. The molecule has 0 radical (unpaired) electrons. The van der Waals surface area contributed by atoms with Crippen LogP contribution in [0, 0.1) is 0 Å². The molecular weight excluding hydrogens is 232 g/mol. The van der Waals surface area contributed by atoms with Crippen molar-refractivity contribution >= 4 is 11.3 Å². The van der Waals surface area contributed by atoms with E-state index in [2.05, 4.69) is 31.5 Å². The van der Waals surface area contributed by atoms with E-state index in [1.54, 1.807) is 11.3 Å². The molecule has 1 fully saturated rings. The first kappa shape index (κ1) is 13.0. The van der Waals surface area contributed by atoms with Crippen molar-refractivity contribution in [1.29, 1.82) is 0 Å². The van der Waals surface area contributed by atoms with Crippen LogP contribution >= 0.6 is 11.3 Å². The predicted molar refractivity (Wildman–Crippen MR) is 71.6 cm³/mol. The van der Waals surface area contributed by atoms with E-state index in [-0.39, 0.29) is 17.6 Å². The van der Waals surface area contributed by atoms with Crippen LogP contribution in [-0.2, 0) is 11.8 Å². The molecule has 96 valence electrons. The summed E-state index contributed by atoms with van der Waals surface area (Å²) in [5.41, 5.74) is 1.15. The molecule has 0 aromatic carbocycles. The topological polar surface area (TPSA) is 45.1 Å². The highest BCUT2D eigenvalue weighted by atomic mass is 32.1. The average molecular weight is 254 g/mol. The molecule has 1 aliphatic heterocycles. The third kappa shape index (κ3) is 2.87. The van der Waals surface area contributed by atoms with Crippen LogP contribution in [0.15, 0.2) is 5.38 Å². The van der Waals surface area contributed by atoms with Gasteiger partial charge < -0.3 is 10.4 Å². The Morgan fingerprint density at radius 2 is 2.29 bits per heavy atom. The van der Waals surface area contributed by atoms with Crippen LogP contribution in [0.5, 0.6) is 0 Å². The van der Waals surface area contributed by atoms with E-state index in [1.807, 2.05) is 0 Å². The van der Waals surface area contributed by atoms with Crippen molar-refractivity contribution in [2.24, 2.45) is 0 Å². The number of aliphatic hydroxyl groups is 1. The number of aliphatic hydroxyl groups excluding tert-OH is 1. The maximum Gasteiger partial charge on any atom is 0.0947 e. The number of rotatable bonds is 3. The zero-order chi connectivity index (χ0) is 12.5. The lowest BCUT2D eigenvalue weighted by Gasteiger charge is -2.26. The Balaban J connectivity index is 2.11. The fourth-order valence-corrected chi connectivity index (χ4v) is 3.40. The van der Waals surface area contributed by atoms with Gasteiger partial charge in [0, 0.05) is 22.8 Å². The van der Waals surface area contributed by atoms with Gasteiger partial charge in [-0.15, -0.1) is 11.3 Å². The van der Waals surface area contributed by atoms with Gasteiger partial charge in [-0.2, -0.15) is 0 Å². The van der Waals surface area contributed by atoms with Gasteiger partial charge in [0.25, 0.3) is 0 Å². The van der Waals surface area contributed by atoms with Crippen molar-refractivity contribution in [2.45, 2.75) is 51.0 Å². The van der Waals surface area contributed by atoms with Crippen molar-refractivity contribution in [1.82, 2.24) is 10.3 Å². The van der Waals surface area contributed by atoms with Crippen molar-refractivity contribution < 1.29 is 5.11 Å². The third-order valence-corrected chi connectivity index (χ3v) is 4.29. The molecule has 0 saturated carbocycles. The van der Waals surface area contributed by atoms with Crippen LogP contribution in [0.25, 0.3) is 0 Å². The minimum Gasteiger partial charge on any atom is -0.394 e. The molecule has 1 aliphatic rings. The molecule has 0 aliphatic carbocycles. The number of hydrogen-bond donors (Lipinski definition) is 2. The van der Waals surface area contributed by atoms with Gasteiger partial charge >= 0.3 is 0 Å². The first-order valence-electron chi connectivity index (χ1n) is 6.26. The molecule has 2 rings (SSSR count). The molecule has 1 unspecified atom stereocenters. The molecule has 3 nitrogen and oxygen atoms in total. The summed E-state index contributed by atoms with van der Waals surface area (Å²) in [4.78, 5) is 4.71. The largest absolute Gasteiger partial charge is 0.394 e. The molecule has 0 spiro atoms. The van der Waals surface area contributed by atoms with Gasteiger partial charge in [0.2, 0.25) is 0 Å². The number of aromatic nitrogens is 1. The van der Waals surface area contributed by atoms with Gasteiger partial charge in [0.15, 0.2) is 0 Å². The minimum atomic E-state index is -0.118. The third-order valence-electron chi connectivity index (χ3n) is 3.44. The second-order valence-corrected chi connectivity index (χ2v) is 6.96. The van der Waals surface area contributed by atoms with Crippen molar-refractivity contribution in [3.8, 4) is 0 Å². The first-order chi connectivity index (χ1) is 7.95.